The van der Waals surface area contributed by atoms with Crippen LogP contribution < -0.4 is 0 Å². The Kier molecular flexibility index (Phi) is 4.15. The van der Waals surface area contributed by atoms with Gasteiger partial charge in [-0.25, -0.2) is 0 Å². The van der Waals surface area contributed by atoms with Crippen molar-refractivity contribution in [1.82, 2.24) is 0 Å². The van der Waals surface area contributed by atoms with Crippen LogP contribution in [0.15, 0.2) is 41.6 Å². The van der Waals surface area contributed by atoms with Crippen LogP contribution in [0.4, 0.5) is 0 Å². The quantitative estimate of drug-likeness (QED) is 0.586. The van der Waals surface area contributed by atoms with Crippen molar-refractivity contribution >= 4 is 17.0 Å². The Morgan fingerprint density at radius 1 is 1.17 bits per heavy atom. The lowest BCUT2D eigenvalue weighted by Crippen LogP contribution is -1.92. The molecule has 1 heterocycles. The van der Waals surface area contributed by atoms with Gasteiger partial charge in [-0.15, -0.1) is 11.3 Å². The number of hydrogen-bond donors (Lipinski definition) is 0. The predicted molar refractivity (Wildman–Crippen MR) is 78.3 cm³/mol. The lowest BCUT2D eigenvalue weighted by atomic mass is 10.1. The topological polar surface area (TPSA) is 21.6 Å². The van der Waals surface area contributed by atoms with E-state index in [1.165, 1.54) is 16.0 Å². The van der Waals surface area contributed by atoms with Crippen molar-refractivity contribution < 1.29 is 4.84 Å². The minimum absolute atomic E-state index is 0.605. The van der Waals surface area contributed by atoms with E-state index in [2.05, 4.69) is 48.5 Å². The minimum atomic E-state index is 0.605. The third-order valence-electron chi connectivity index (χ3n) is 2.63. The second-order valence-corrected chi connectivity index (χ2v) is 5.21. The van der Waals surface area contributed by atoms with Gasteiger partial charge in [0.15, 0.2) is 0 Å². The third kappa shape index (κ3) is 2.99. The number of aryl methyl sites for hydroxylation is 1. The highest BCUT2D eigenvalue weighted by Crippen LogP contribution is 2.28. The molecular formula is C15H17NOS. The summed E-state index contributed by atoms with van der Waals surface area (Å²) in [6, 6.07) is 12.8. The van der Waals surface area contributed by atoms with E-state index in [1.807, 2.05) is 13.8 Å². The van der Waals surface area contributed by atoms with Gasteiger partial charge in [0.1, 0.15) is 6.61 Å². The number of hydrogen-bond acceptors (Lipinski definition) is 3. The number of nitrogens with zero attached hydrogens (tertiary/aromatic N) is 1. The normalized spacial score (nSPS) is 11.6. The monoisotopic (exact) mass is 259 g/mol. The first-order valence-electron chi connectivity index (χ1n) is 6.04. The molecule has 0 aliphatic heterocycles. The fraction of sp³-hybridized carbons (Fsp3) is 0.267. The molecule has 0 fully saturated rings. The summed E-state index contributed by atoms with van der Waals surface area (Å²) >= 11 is 1.74. The standard InChI is InChI=1S/C15H17NOS/c1-4-17-16-12(3)14-9-10-15(18-14)13-7-5-11(2)6-8-13/h5-10H,4H2,1-3H3/b16-12+. The molecule has 3 heteroatoms. The van der Waals surface area contributed by atoms with E-state index in [9.17, 15) is 0 Å². The Hall–Kier alpha value is -1.61. The van der Waals surface area contributed by atoms with Crippen LogP contribution in [0.25, 0.3) is 10.4 Å². The first kappa shape index (κ1) is 12.8. The molecule has 0 N–H and O–H groups in total. The van der Waals surface area contributed by atoms with Crippen molar-refractivity contribution in [1.29, 1.82) is 0 Å². The maximum atomic E-state index is 5.08. The largest absolute Gasteiger partial charge is 0.396 e. The molecule has 0 saturated heterocycles. The Balaban J connectivity index is 2.22. The molecule has 0 spiro atoms. The highest BCUT2D eigenvalue weighted by molar-refractivity contribution is 7.17. The summed E-state index contributed by atoms with van der Waals surface area (Å²) in [6.45, 7) is 6.61. The molecule has 2 nitrogen and oxygen atoms in total. The second-order valence-electron chi connectivity index (χ2n) is 4.12. The van der Waals surface area contributed by atoms with Gasteiger partial charge in [0.05, 0.1) is 10.6 Å². The smallest absolute Gasteiger partial charge is 0.114 e. The van der Waals surface area contributed by atoms with Crippen LogP contribution in [0.5, 0.6) is 0 Å². The Labute approximate surface area is 112 Å². The fourth-order valence-corrected chi connectivity index (χ4v) is 2.56. The van der Waals surface area contributed by atoms with Gasteiger partial charge in [0, 0.05) is 4.88 Å². The zero-order chi connectivity index (χ0) is 13.0. The van der Waals surface area contributed by atoms with E-state index in [1.54, 1.807) is 11.3 Å². The maximum Gasteiger partial charge on any atom is 0.114 e. The summed E-state index contributed by atoms with van der Waals surface area (Å²) in [6.07, 6.45) is 0. The molecule has 1 aromatic heterocycles. The van der Waals surface area contributed by atoms with Gasteiger partial charge in [-0.1, -0.05) is 35.0 Å². The lowest BCUT2D eigenvalue weighted by Gasteiger charge is -1.98. The van der Waals surface area contributed by atoms with Gasteiger partial charge < -0.3 is 4.84 Å². The van der Waals surface area contributed by atoms with Gasteiger partial charge >= 0.3 is 0 Å². The maximum absolute atomic E-state index is 5.08. The molecule has 0 aliphatic carbocycles. The molecule has 18 heavy (non-hydrogen) atoms. The summed E-state index contributed by atoms with van der Waals surface area (Å²) in [5.74, 6) is 0. The molecule has 0 radical (unpaired) electrons. The van der Waals surface area contributed by atoms with Crippen LogP contribution in [-0.2, 0) is 4.84 Å². The molecule has 0 atom stereocenters. The highest BCUT2D eigenvalue weighted by atomic mass is 32.1. The molecule has 0 unspecified atom stereocenters. The Morgan fingerprint density at radius 2 is 1.89 bits per heavy atom. The summed E-state index contributed by atoms with van der Waals surface area (Å²) < 4.78 is 0. The molecule has 0 saturated carbocycles. The first-order chi connectivity index (χ1) is 8.70. The van der Waals surface area contributed by atoms with Gasteiger partial charge in [-0.2, -0.15) is 0 Å². The Bertz CT molecular complexity index is 540. The highest BCUT2D eigenvalue weighted by Gasteiger charge is 2.05. The predicted octanol–water partition coefficient (Wildman–Crippen LogP) is 4.48. The Morgan fingerprint density at radius 3 is 2.56 bits per heavy atom. The van der Waals surface area contributed by atoms with Gasteiger partial charge in [0.25, 0.3) is 0 Å². The summed E-state index contributed by atoms with van der Waals surface area (Å²) in [4.78, 5) is 7.49. The number of rotatable bonds is 4. The van der Waals surface area contributed by atoms with Gasteiger partial charge in [-0.05, 0) is 38.5 Å². The average Bonchev–Trinajstić information content (AvgIpc) is 2.86. The van der Waals surface area contributed by atoms with Crippen molar-refractivity contribution in [3.63, 3.8) is 0 Å². The van der Waals surface area contributed by atoms with E-state index < -0.39 is 0 Å². The molecule has 1 aromatic carbocycles. The van der Waals surface area contributed by atoms with Crippen LogP contribution in [-0.4, -0.2) is 12.3 Å². The van der Waals surface area contributed by atoms with Crippen molar-refractivity contribution in [3.05, 3.63) is 46.8 Å². The molecule has 0 aliphatic rings. The van der Waals surface area contributed by atoms with Crippen LogP contribution in [0, 0.1) is 6.92 Å². The van der Waals surface area contributed by atoms with Crippen LogP contribution in [0.3, 0.4) is 0 Å². The van der Waals surface area contributed by atoms with Crippen LogP contribution in [0.1, 0.15) is 24.3 Å². The van der Waals surface area contributed by atoms with Crippen molar-refractivity contribution in [2.24, 2.45) is 5.16 Å². The summed E-state index contributed by atoms with van der Waals surface area (Å²) in [5, 5.41) is 4.06. The number of oxime groups is 1. The van der Waals surface area contributed by atoms with Crippen molar-refractivity contribution in [3.8, 4) is 10.4 Å². The van der Waals surface area contributed by atoms with E-state index in [4.69, 9.17) is 4.84 Å². The van der Waals surface area contributed by atoms with Crippen LogP contribution in [0.2, 0.25) is 0 Å². The van der Waals surface area contributed by atoms with E-state index in [0.29, 0.717) is 6.61 Å². The average molecular weight is 259 g/mol. The zero-order valence-electron chi connectivity index (χ0n) is 10.9. The lowest BCUT2D eigenvalue weighted by molar-refractivity contribution is 0.159. The van der Waals surface area contributed by atoms with Crippen LogP contribution >= 0.6 is 11.3 Å². The number of benzene rings is 1. The number of thiophene rings is 1. The molecule has 2 rings (SSSR count). The minimum Gasteiger partial charge on any atom is -0.396 e. The SMILES string of the molecule is CCO/N=C(\C)c1ccc(-c2ccc(C)cc2)s1. The molecule has 2 aromatic rings. The van der Waals surface area contributed by atoms with Crippen molar-refractivity contribution in [2.75, 3.05) is 6.61 Å². The second kappa shape index (κ2) is 5.83. The third-order valence-corrected chi connectivity index (χ3v) is 3.87. The summed E-state index contributed by atoms with van der Waals surface area (Å²) in [7, 11) is 0. The molecule has 0 bridgehead atoms. The van der Waals surface area contributed by atoms with E-state index >= 15 is 0 Å². The van der Waals surface area contributed by atoms with Gasteiger partial charge in [0.2, 0.25) is 0 Å². The molecule has 94 valence electrons. The fourth-order valence-electron chi connectivity index (χ4n) is 1.61. The van der Waals surface area contributed by atoms with Crippen molar-refractivity contribution in [2.45, 2.75) is 20.8 Å². The molecule has 0 amide bonds. The van der Waals surface area contributed by atoms with Gasteiger partial charge in [-0.3, -0.25) is 0 Å². The zero-order valence-corrected chi connectivity index (χ0v) is 11.8. The first-order valence-corrected chi connectivity index (χ1v) is 6.86. The van der Waals surface area contributed by atoms with E-state index in [0.717, 1.165) is 10.6 Å². The van der Waals surface area contributed by atoms with E-state index in [-0.39, 0.29) is 0 Å². The summed E-state index contributed by atoms with van der Waals surface area (Å²) in [5.41, 5.74) is 3.46. The molecular weight excluding hydrogens is 242 g/mol.